The zero-order valence-electron chi connectivity index (χ0n) is 14.6. The van der Waals surface area contributed by atoms with Gasteiger partial charge in [0.2, 0.25) is 0 Å². The Morgan fingerprint density at radius 3 is 1.76 bits per heavy atom. The first-order valence-corrected chi connectivity index (χ1v) is 7.58. The van der Waals surface area contributed by atoms with E-state index in [2.05, 4.69) is 6.58 Å². The molecule has 0 saturated carbocycles. The van der Waals surface area contributed by atoms with Gasteiger partial charge < -0.3 is 23.7 Å². The SMILES string of the molecule is C=C[C@@H]1OC(COC(C)=O)[C@@H](OC(C)=O)C(OC(C)=O)[C@@H]1OC(C)=O. The van der Waals surface area contributed by atoms with Crippen LogP contribution in [0.3, 0.4) is 0 Å². The van der Waals surface area contributed by atoms with Gasteiger partial charge in [0.25, 0.3) is 0 Å². The average molecular weight is 358 g/mol. The second-order valence-electron chi connectivity index (χ2n) is 5.40. The predicted octanol–water partition coefficient (Wildman–Crippen LogP) is 0.298. The minimum Gasteiger partial charge on any atom is -0.463 e. The van der Waals surface area contributed by atoms with Gasteiger partial charge in [-0.2, -0.15) is 0 Å². The van der Waals surface area contributed by atoms with Crippen LogP contribution in [0, 0.1) is 0 Å². The van der Waals surface area contributed by atoms with Crippen LogP contribution >= 0.6 is 0 Å². The fraction of sp³-hybridized carbons (Fsp3) is 0.625. The van der Waals surface area contributed by atoms with Crippen LogP contribution in [0.15, 0.2) is 12.7 Å². The quantitative estimate of drug-likeness (QED) is 0.375. The number of hydrogen-bond donors (Lipinski definition) is 0. The first-order chi connectivity index (χ1) is 11.6. The van der Waals surface area contributed by atoms with Crippen LogP contribution in [0.4, 0.5) is 0 Å². The number of esters is 4. The molecule has 0 radical (unpaired) electrons. The van der Waals surface area contributed by atoms with E-state index in [9.17, 15) is 19.2 Å². The second kappa shape index (κ2) is 9.16. The van der Waals surface area contributed by atoms with Crippen molar-refractivity contribution in [3.63, 3.8) is 0 Å². The number of ether oxygens (including phenoxy) is 5. The van der Waals surface area contributed by atoms with Crippen molar-refractivity contribution in [3.05, 3.63) is 12.7 Å². The number of carbonyl (C=O) groups excluding carboxylic acids is 4. The number of rotatable bonds is 6. The first-order valence-electron chi connectivity index (χ1n) is 7.58. The Labute approximate surface area is 145 Å². The maximum absolute atomic E-state index is 11.5. The fourth-order valence-corrected chi connectivity index (χ4v) is 2.45. The minimum atomic E-state index is -1.15. The molecule has 1 heterocycles. The van der Waals surface area contributed by atoms with Gasteiger partial charge in [0.1, 0.15) is 18.8 Å². The highest BCUT2D eigenvalue weighted by Gasteiger charge is 2.51. The van der Waals surface area contributed by atoms with Gasteiger partial charge in [0.15, 0.2) is 18.3 Å². The summed E-state index contributed by atoms with van der Waals surface area (Å²) in [5, 5.41) is 0. The van der Waals surface area contributed by atoms with E-state index in [1.165, 1.54) is 19.9 Å². The van der Waals surface area contributed by atoms with Crippen molar-refractivity contribution >= 4 is 23.9 Å². The highest BCUT2D eigenvalue weighted by Crippen LogP contribution is 2.29. The lowest BCUT2D eigenvalue weighted by Gasteiger charge is -2.43. The first kappa shape index (κ1) is 20.6. The maximum Gasteiger partial charge on any atom is 0.303 e. The molecule has 0 aromatic rings. The molecule has 1 fully saturated rings. The Morgan fingerprint density at radius 1 is 0.840 bits per heavy atom. The van der Waals surface area contributed by atoms with Crippen LogP contribution in [0.5, 0.6) is 0 Å². The standard InChI is InChI=1S/C16H22O9/c1-6-12-14(22-9(3)18)16(24-11(5)20)15(23-10(4)19)13(25-12)7-21-8(2)17/h6,12-16H,1,7H2,2-5H3/t12-,13?,14+,15+,16?/m0/s1. The van der Waals surface area contributed by atoms with Crippen LogP contribution in [-0.2, 0) is 42.9 Å². The van der Waals surface area contributed by atoms with Crippen LogP contribution in [-0.4, -0.2) is 61.0 Å². The Balaban J connectivity index is 3.20. The summed E-state index contributed by atoms with van der Waals surface area (Å²) in [4.78, 5) is 45.4. The van der Waals surface area contributed by atoms with E-state index in [4.69, 9.17) is 23.7 Å². The molecule has 0 amide bonds. The Hall–Kier alpha value is -2.42. The molecule has 9 nitrogen and oxygen atoms in total. The monoisotopic (exact) mass is 358 g/mol. The topological polar surface area (TPSA) is 114 Å². The third kappa shape index (κ3) is 6.18. The van der Waals surface area contributed by atoms with E-state index >= 15 is 0 Å². The van der Waals surface area contributed by atoms with Crippen molar-refractivity contribution < 1.29 is 42.9 Å². The van der Waals surface area contributed by atoms with Gasteiger partial charge in [0, 0.05) is 27.7 Å². The van der Waals surface area contributed by atoms with E-state index in [1.54, 1.807) is 0 Å². The Bertz CT molecular complexity index is 542. The Kier molecular flexibility index (Phi) is 7.56. The normalized spacial score (nSPS) is 28.4. The molecule has 0 aromatic carbocycles. The third-order valence-electron chi connectivity index (χ3n) is 3.26. The lowest BCUT2D eigenvalue weighted by molar-refractivity contribution is -0.244. The van der Waals surface area contributed by atoms with Crippen LogP contribution in [0.25, 0.3) is 0 Å². The predicted molar refractivity (Wildman–Crippen MR) is 82.2 cm³/mol. The molecular weight excluding hydrogens is 336 g/mol. The summed E-state index contributed by atoms with van der Waals surface area (Å²) >= 11 is 0. The van der Waals surface area contributed by atoms with E-state index in [0.717, 1.165) is 13.8 Å². The molecule has 140 valence electrons. The van der Waals surface area contributed by atoms with Crippen molar-refractivity contribution in [1.29, 1.82) is 0 Å². The zero-order chi connectivity index (χ0) is 19.1. The van der Waals surface area contributed by atoms with E-state index in [0.29, 0.717) is 0 Å². The molecule has 1 aliphatic heterocycles. The lowest BCUT2D eigenvalue weighted by atomic mass is 9.94. The van der Waals surface area contributed by atoms with Crippen molar-refractivity contribution in [2.45, 2.75) is 58.2 Å². The average Bonchev–Trinajstić information content (AvgIpc) is 2.48. The van der Waals surface area contributed by atoms with Gasteiger partial charge in [-0.1, -0.05) is 6.08 Å². The summed E-state index contributed by atoms with van der Waals surface area (Å²) in [5.41, 5.74) is 0. The molecule has 0 N–H and O–H groups in total. The molecule has 0 aliphatic carbocycles. The van der Waals surface area contributed by atoms with Crippen molar-refractivity contribution in [2.75, 3.05) is 6.61 Å². The van der Waals surface area contributed by atoms with Crippen molar-refractivity contribution in [1.82, 2.24) is 0 Å². The van der Waals surface area contributed by atoms with Gasteiger partial charge in [-0.05, 0) is 0 Å². The van der Waals surface area contributed by atoms with Crippen LogP contribution in [0.2, 0.25) is 0 Å². The summed E-state index contributed by atoms with van der Waals surface area (Å²) in [7, 11) is 0. The van der Waals surface area contributed by atoms with Crippen LogP contribution < -0.4 is 0 Å². The summed E-state index contributed by atoms with van der Waals surface area (Å²) in [6.07, 6.45) is -3.80. The van der Waals surface area contributed by atoms with E-state index in [1.807, 2.05) is 0 Å². The van der Waals surface area contributed by atoms with Crippen molar-refractivity contribution in [2.24, 2.45) is 0 Å². The molecule has 2 unspecified atom stereocenters. The number of carbonyl (C=O) groups is 4. The molecule has 0 spiro atoms. The van der Waals surface area contributed by atoms with Gasteiger partial charge >= 0.3 is 23.9 Å². The van der Waals surface area contributed by atoms with E-state index < -0.39 is 54.4 Å². The minimum absolute atomic E-state index is 0.248. The summed E-state index contributed by atoms with van der Waals surface area (Å²) in [5.74, 6) is -2.54. The molecular formula is C16H22O9. The van der Waals surface area contributed by atoms with Gasteiger partial charge in [0.05, 0.1) is 0 Å². The summed E-state index contributed by atoms with van der Waals surface area (Å²) in [6, 6.07) is 0. The van der Waals surface area contributed by atoms with E-state index in [-0.39, 0.29) is 6.61 Å². The molecule has 1 saturated heterocycles. The molecule has 5 atom stereocenters. The molecule has 0 aromatic heterocycles. The van der Waals surface area contributed by atoms with Crippen LogP contribution in [0.1, 0.15) is 27.7 Å². The highest BCUT2D eigenvalue weighted by molar-refractivity contribution is 5.68. The fourth-order valence-electron chi connectivity index (χ4n) is 2.45. The molecule has 25 heavy (non-hydrogen) atoms. The lowest BCUT2D eigenvalue weighted by Crippen LogP contribution is -2.61. The van der Waals surface area contributed by atoms with Gasteiger partial charge in [-0.25, -0.2) is 0 Å². The van der Waals surface area contributed by atoms with Crippen molar-refractivity contribution in [3.8, 4) is 0 Å². The molecule has 9 heteroatoms. The summed E-state index contributed by atoms with van der Waals surface area (Å²) < 4.78 is 26.2. The second-order valence-corrected chi connectivity index (χ2v) is 5.40. The highest BCUT2D eigenvalue weighted by atomic mass is 16.7. The third-order valence-corrected chi connectivity index (χ3v) is 3.26. The smallest absolute Gasteiger partial charge is 0.303 e. The number of hydrogen-bond acceptors (Lipinski definition) is 9. The maximum atomic E-state index is 11.5. The Morgan fingerprint density at radius 2 is 1.32 bits per heavy atom. The largest absolute Gasteiger partial charge is 0.463 e. The van der Waals surface area contributed by atoms with Gasteiger partial charge in [-0.3, -0.25) is 19.2 Å². The van der Waals surface area contributed by atoms with Gasteiger partial charge in [-0.15, -0.1) is 6.58 Å². The molecule has 0 bridgehead atoms. The summed E-state index contributed by atoms with van der Waals surface area (Å²) in [6.45, 7) is 8.06. The molecule has 1 rings (SSSR count). The zero-order valence-corrected chi connectivity index (χ0v) is 14.6. The molecule has 1 aliphatic rings.